The largest absolute Gasteiger partial charge is 0.482 e. The zero-order valence-electron chi connectivity index (χ0n) is 11.1. The van der Waals surface area contributed by atoms with Gasteiger partial charge in [0, 0.05) is 14.1 Å². The molecule has 7 heteroatoms. The van der Waals surface area contributed by atoms with Crippen LogP contribution < -0.4 is 10.1 Å². The first-order chi connectivity index (χ1) is 9.47. The van der Waals surface area contributed by atoms with Gasteiger partial charge < -0.3 is 15.0 Å². The Labute approximate surface area is 121 Å². The van der Waals surface area contributed by atoms with Crippen molar-refractivity contribution in [3.05, 3.63) is 28.8 Å². The number of hydrogen-bond acceptors (Lipinski definition) is 4. The Balaban J connectivity index is 2.57. The molecule has 0 atom stereocenters. The topological polar surface area (TPSA) is 82.4 Å². The Morgan fingerprint density at radius 2 is 2.20 bits per heavy atom. The van der Waals surface area contributed by atoms with Crippen molar-refractivity contribution in [1.29, 1.82) is 5.26 Å². The van der Waals surface area contributed by atoms with Gasteiger partial charge in [0.2, 0.25) is 5.91 Å². The number of hydrogen-bond donors (Lipinski definition) is 1. The van der Waals surface area contributed by atoms with Crippen LogP contribution in [0.2, 0.25) is 5.02 Å². The SMILES string of the molecule is CNC(=O)CN(C)C(=O)COc1ccc(C#N)cc1Cl. The highest BCUT2D eigenvalue weighted by Gasteiger charge is 2.13. The van der Waals surface area contributed by atoms with Gasteiger partial charge >= 0.3 is 0 Å². The molecule has 1 rings (SSSR count). The molecule has 1 aromatic carbocycles. The van der Waals surface area contributed by atoms with Crippen LogP contribution in [0, 0.1) is 11.3 Å². The predicted octanol–water partition coefficient (Wildman–Crippen LogP) is 0.795. The van der Waals surface area contributed by atoms with Crippen molar-refractivity contribution >= 4 is 23.4 Å². The Morgan fingerprint density at radius 1 is 1.50 bits per heavy atom. The summed E-state index contributed by atoms with van der Waals surface area (Å²) in [4.78, 5) is 24.1. The van der Waals surface area contributed by atoms with Gasteiger partial charge in [0.05, 0.1) is 23.2 Å². The van der Waals surface area contributed by atoms with Crippen LogP contribution in [0.3, 0.4) is 0 Å². The number of rotatable bonds is 5. The van der Waals surface area contributed by atoms with Gasteiger partial charge in [-0.2, -0.15) is 5.26 Å². The van der Waals surface area contributed by atoms with Gasteiger partial charge in [-0.3, -0.25) is 9.59 Å². The number of nitriles is 1. The van der Waals surface area contributed by atoms with Gasteiger partial charge in [0.25, 0.3) is 5.91 Å². The van der Waals surface area contributed by atoms with Gasteiger partial charge in [-0.25, -0.2) is 0 Å². The fourth-order valence-corrected chi connectivity index (χ4v) is 1.55. The van der Waals surface area contributed by atoms with Crippen molar-refractivity contribution < 1.29 is 14.3 Å². The minimum absolute atomic E-state index is 0.0419. The third-order valence-corrected chi connectivity index (χ3v) is 2.79. The summed E-state index contributed by atoms with van der Waals surface area (Å²) >= 11 is 5.91. The molecule has 0 saturated carbocycles. The zero-order chi connectivity index (χ0) is 15.1. The third kappa shape index (κ3) is 4.44. The predicted molar refractivity (Wildman–Crippen MR) is 73.4 cm³/mol. The molecule has 0 fully saturated rings. The summed E-state index contributed by atoms with van der Waals surface area (Å²) < 4.78 is 5.27. The average Bonchev–Trinajstić information content (AvgIpc) is 2.45. The van der Waals surface area contributed by atoms with Crippen LogP contribution in [-0.2, 0) is 9.59 Å². The average molecular weight is 296 g/mol. The summed E-state index contributed by atoms with van der Waals surface area (Å²) in [6.07, 6.45) is 0. The van der Waals surface area contributed by atoms with Crippen molar-refractivity contribution in [2.24, 2.45) is 0 Å². The number of benzene rings is 1. The van der Waals surface area contributed by atoms with Crippen molar-refractivity contribution in [2.45, 2.75) is 0 Å². The molecule has 0 unspecified atom stereocenters. The van der Waals surface area contributed by atoms with Gasteiger partial charge in [-0.1, -0.05) is 11.6 Å². The van der Waals surface area contributed by atoms with E-state index in [1.807, 2.05) is 6.07 Å². The molecular formula is C13H14ClN3O3. The second-order valence-electron chi connectivity index (χ2n) is 3.97. The van der Waals surface area contributed by atoms with E-state index in [1.54, 1.807) is 6.07 Å². The number of ether oxygens (including phenoxy) is 1. The number of nitrogens with zero attached hydrogens (tertiary/aromatic N) is 2. The fraction of sp³-hybridized carbons (Fsp3) is 0.308. The fourth-order valence-electron chi connectivity index (χ4n) is 1.32. The van der Waals surface area contributed by atoms with Gasteiger partial charge in [0.15, 0.2) is 6.61 Å². The molecule has 1 aromatic rings. The number of nitrogens with one attached hydrogen (secondary N) is 1. The van der Waals surface area contributed by atoms with Crippen molar-refractivity contribution in [3.8, 4) is 11.8 Å². The first-order valence-corrected chi connectivity index (χ1v) is 6.12. The molecule has 0 aliphatic rings. The Kier molecular flexibility index (Phi) is 5.81. The summed E-state index contributed by atoms with van der Waals surface area (Å²) in [6.45, 7) is -0.279. The first-order valence-electron chi connectivity index (χ1n) is 5.75. The molecule has 0 saturated heterocycles. The molecule has 0 aromatic heterocycles. The smallest absolute Gasteiger partial charge is 0.260 e. The maximum atomic E-state index is 11.7. The normalized spacial score (nSPS) is 9.50. The molecule has 1 N–H and O–H groups in total. The summed E-state index contributed by atoms with van der Waals surface area (Å²) in [6, 6.07) is 6.46. The summed E-state index contributed by atoms with van der Waals surface area (Å²) in [5.74, 6) is -0.307. The van der Waals surface area contributed by atoms with Gasteiger partial charge in [0.1, 0.15) is 5.75 Å². The molecule has 0 aliphatic carbocycles. The molecule has 106 valence electrons. The molecule has 0 heterocycles. The van der Waals surface area contributed by atoms with Gasteiger partial charge in [-0.15, -0.1) is 0 Å². The van der Waals surface area contributed by atoms with Crippen LogP contribution in [0.4, 0.5) is 0 Å². The number of halogens is 1. The van der Waals surface area contributed by atoms with E-state index in [0.29, 0.717) is 11.3 Å². The first kappa shape index (κ1) is 15.8. The molecule has 0 radical (unpaired) electrons. The zero-order valence-corrected chi connectivity index (χ0v) is 11.9. The lowest BCUT2D eigenvalue weighted by Gasteiger charge is -2.16. The maximum absolute atomic E-state index is 11.7. The van der Waals surface area contributed by atoms with Crippen LogP contribution in [0.1, 0.15) is 5.56 Å². The second kappa shape index (κ2) is 7.36. The summed E-state index contributed by atoms with van der Waals surface area (Å²) in [7, 11) is 3.00. The monoisotopic (exact) mass is 295 g/mol. The van der Waals surface area contributed by atoms with E-state index >= 15 is 0 Å². The highest BCUT2D eigenvalue weighted by molar-refractivity contribution is 6.32. The van der Waals surface area contributed by atoms with Crippen LogP contribution in [0.25, 0.3) is 0 Å². The number of likely N-dealkylation sites (N-methyl/N-ethyl adjacent to an activating group) is 2. The van der Waals surface area contributed by atoms with E-state index in [2.05, 4.69) is 5.32 Å². The van der Waals surface area contributed by atoms with Crippen LogP contribution in [-0.4, -0.2) is 44.0 Å². The van der Waals surface area contributed by atoms with E-state index in [9.17, 15) is 9.59 Å². The molecule has 0 spiro atoms. The van der Waals surface area contributed by atoms with Crippen LogP contribution in [0.5, 0.6) is 5.75 Å². The van der Waals surface area contributed by atoms with E-state index in [0.717, 1.165) is 0 Å². The number of carbonyl (C=O) groups is 2. The van der Waals surface area contributed by atoms with Crippen LogP contribution in [0.15, 0.2) is 18.2 Å². The maximum Gasteiger partial charge on any atom is 0.260 e. The highest BCUT2D eigenvalue weighted by Crippen LogP contribution is 2.25. The van der Waals surface area contributed by atoms with E-state index in [4.69, 9.17) is 21.6 Å². The van der Waals surface area contributed by atoms with Gasteiger partial charge in [-0.05, 0) is 18.2 Å². The number of amides is 2. The molecule has 2 amide bonds. The van der Waals surface area contributed by atoms with Crippen molar-refractivity contribution in [3.63, 3.8) is 0 Å². The number of carbonyl (C=O) groups excluding carboxylic acids is 2. The molecular weight excluding hydrogens is 282 g/mol. The van der Waals surface area contributed by atoms with Crippen molar-refractivity contribution in [2.75, 3.05) is 27.2 Å². The molecule has 20 heavy (non-hydrogen) atoms. The Hall–Kier alpha value is -2.26. The minimum Gasteiger partial charge on any atom is -0.482 e. The summed E-state index contributed by atoms with van der Waals surface area (Å²) in [5.41, 5.74) is 0.408. The third-order valence-electron chi connectivity index (χ3n) is 2.50. The quantitative estimate of drug-likeness (QED) is 0.871. The summed E-state index contributed by atoms with van der Waals surface area (Å²) in [5, 5.41) is 11.4. The minimum atomic E-state index is -0.353. The second-order valence-corrected chi connectivity index (χ2v) is 4.38. The lowest BCUT2D eigenvalue weighted by Crippen LogP contribution is -2.39. The van der Waals surface area contributed by atoms with E-state index in [1.165, 1.54) is 31.1 Å². The Bertz CT molecular complexity index is 554. The highest BCUT2D eigenvalue weighted by atomic mass is 35.5. The van der Waals surface area contributed by atoms with E-state index < -0.39 is 0 Å². The molecule has 6 nitrogen and oxygen atoms in total. The van der Waals surface area contributed by atoms with Crippen LogP contribution >= 0.6 is 11.6 Å². The van der Waals surface area contributed by atoms with E-state index in [-0.39, 0.29) is 30.0 Å². The molecule has 0 bridgehead atoms. The standard InChI is InChI=1S/C13H14ClN3O3/c1-16-12(18)7-17(2)13(19)8-20-11-4-3-9(6-15)5-10(11)14/h3-5H,7-8H2,1-2H3,(H,16,18). The molecule has 0 aliphatic heterocycles. The lowest BCUT2D eigenvalue weighted by atomic mass is 10.2. The Morgan fingerprint density at radius 3 is 2.75 bits per heavy atom. The van der Waals surface area contributed by atoms with Crippen molar-refractivity contribution in [1.82, 2.24) is 10.2 Å². The lowest BCUT2D eigenvalue weighted by molar-refractivity contribution is -0.136.